The Labute approximate surface area is 140 Å². The number of benzene rings is 1. The van der Waals surface area contributed by atoms with Crippen LogP contribution in [0.5, 0.6) is 0 Å². The van der Waals surface area contributed by atoms with Crippen molar-refractivity contribution in [1.29, 1.82) is 0 Å². The number of fused-ring (bicyclic) bond motifs is 1. The van der Waals surface area contributed by atoms with E-state index < -0.39 is 23.0 Å². The van der Waals surface area contributed by atoms with Gasteiger partial charge in [0.1, 0.15) is 5.69 Å². The summed E-state index contributed by atoms with van der Waals surface area (Å²) in [5, 5.41) is 12.8. The topological polar surface area (TPSA) is 81.2 Å². The minimum Gasteiger partial charge on any atom is -0.396 e. The van der Waals surface area contributed by atoms with Gasteiger partial charge in [-0.25, -0.2) is 0 Å². The molecule has 5 nitrogen and oxygen atoms in total. The molecule has 8 heteroatoms. The van der Waals surface area contributed by atoms with Crippen LogP contribution >= 0.6 is 0 Å². The average Bonchev–Trinajstić information content (AvgIpc) is 3.10. The normalized spacial score (nSPS) is 15.5. The Morgan fingerprint density at radius 1 is 1.16 bits per heavy atom. The molecule has 132 valence electrons. The molecule has 0 saturated carbocycles. The fraction of sp³-hybridized carbons (Fsp3) is 0.294. The summed E-state index contributed by atoms with van der Waals surface area (Å²) in [7, 11) is 0. The lowest BCUT2D eigenvalue weighted by Gasteiger charge is -2.07. The molecule has 0 radical (unpaired) electrons. The van der Waals surface area contributed by atoms with Gasteiger partial charge in [-0.1, -0.05) is 18.2 Å². The third kappa shape index (κ3) is 3.43. The second kappa shape index (κ2) is 6.72. The number of alkyl halides is 3. The molecular formula is C17H16F3N3O2. The van der Waals surface area contributed by atoms with Gasteiger partial charge < -0.3 is 5.11 Å². The molecule has 25 heavy (non-hydrogen) atoms. The fourth-order valence-electron chi connectivity index (χ4n) is 2.79. The van der Waals surface area contributed by atoms with E-state index in [-0.39, 0.29) is 6.61 Å². The molecule has 1 aliphatic rings. The molecule has 2 aromatic rings. The number of unbranched alkanes of at least 4 members (excludes halogenated alkanes) is 1. The number of aliphatic imine (C=N–C) groups is 1. The number of nitrogens with zero attached hydrogens (tertiary/aromatic N) is 1. The van der Waals surface area contributed by atoms with Gasteiger partial charge in [-0.2, -0.15) is 13.2 Å². The van der Waals surface area contributed by atoms with E-state index in [0.717, 1.165) is 0 Å². The first-order valence-electron chi connectivity index (χ1n) is 7.79. The van der Waals surface area contributed by atoms with E-state index in [1.165, 1.54) is 6.08 Å². The standard InChI is InChI=1S/C17H16F3N3O2/c18-17(19,20)15-12(16(25)23-22-15)9-11-10-5-1-2-6-13(10)21-14(11)7-3-4-8-24/h1-2,5-6,9,24H,3-4,7-8H2,(H2,22,23,25). The Bertz CT molecular complexity index is 891. The molecular weight excluding hydrogens is 335 g/mol. The van der Waals surface area contributed by atoms with Crippen molar-refractivity contribution in [2.75, 3.05) is 6.61 Å². The molecule has 1 aromatic carbocycles. The van der Waals surface area contributed by atoms with E-state index in [0.29, 0.717) is 41.8 Å². The van der Waals surface area contributed by atoms with Crippen LogP contribution in [-0.2, 0) is 6.18 Å². The number of halogens is 3. The molecule has 0 bridgehead atoms. The number of allylic oxidation sites excluding steroid dienone is 1. The highest BCUT2D eigenvalue weighted by Gasteiger charge is 2.36. The summed E-state index contributed by atoms with van der Waals surface area (Å²) in [6, 6.07) is 7.10. The maximum atomic E-state index is 13.1. The second-order valence-corrected chi connectivity index (χ2v) is 5.68. The van der Waals surface area contributed by atoms with Crippen molar-refractivity contribution < 1.29 is 18.3 Å². The van der Waals surface area contributed by atoms with E-state index in [1.54, 1.807) is 24.3 Å². The zero-order valence-corrected chi connectivity index (χ0v) is 13.2. The van der Waals surface area contributed by atoms with Crippen molar-refractivity contribution in [1.82, 2.24) is 10.2 Å². The summed E-state index contributed by atoms with van der Waals surface area (Å²) in [5.41, 5.74) is 0.0630. The number of hydrogen-bond acceptors (Lipinski definition) is 3. The monoisotopic (exact) mass is 351 g/mol. The number of para-hydroxylation sites is 1. The molecule has 2 heterocycles. The lowest BCUT2D eigenvalue weighted by molar-refractivity contribution is -0.141. The van der Waals surface area contributed by atoms with Crippen molar-refractivity contribution in [3.63, 3.8) is 0 Å². The Morgan fingerprint density at radius 3 is 2.64 bits per heavy atom. The number of nitrogens with one attached hydrogen (secondary N) is 2. The molecule has 0 spiro atoms. The predicted molar refractivity (Wildman–Crippen MR) is 88.8 cm³/mol. The van der Waals surface area contributed by atoms with E-state index in [2.05, 4.69) is 4.99 Å². The molecule has 3 N–H and O–H groups in total. The average molecular weight is 351 g/mol. The minimum atomic E-state index is -4.67. The molecule has 3 rings (SSSR count). The number of aromatic amines is 2. The Kier molecular flexibility index (Phi) is 4.63. The quantitative estimate of drug-likeness (QED) is 0.721. The zero-order chi connectivity index (χ0) is 18.0. The second-order valence-electron chi connectivity index (χ2n) is 5.68. The van der Waals surface area contributed by atoms with E-state index in [4.69, 9.17) is 5.11 Å². The van der Waals surface area contributed by atoms with Gasteiger partial charge in [-0.05, 0) is 31.4 Å². The van der Waals surface area contributed by atoms with E-state index >= 15 is 0 Å². The number of hydrogen-bond donors (Lipinski definition) is 3. The zero-order valence-electron chi connectivity index (χ0n) is 13.2. The Balaban J connectivity index is 2.07. The molecule has 1 aromatic heterocycles. The van der Waals surface area contributed by atoms with Gasteiger partial charge in [0.2, 0.25) is 0 Å². The summed E-state index contributed by atoms with van der Waals surface area (Å²) in [6.07, 6.45) is -1.71. The van der Waals surface area contributed by atoms with Crippen molar-refractivity contribution in [2.24, 2.45) is 4.99 Å². The minimum absolute atomic E-state index is 0.0367. The number of aromatic nitrogens is 2. The van der Waals surface area contributed by atoms with Crippen LogP contribution in [0.25, 0.3) is 11.6 Å². The summed E-state index contributed by atoms with van der Waals surface area (Å²) >= 11 is 0. The molecule has 0 aliphatic carbocycles. The van der Waals surface area contributed by atoms with Gasteiger partial charge in [-0.15, -0.1) is 0 Å². The third-order valence-corrected chi connectivity index (χ3v) is 3.97. The molecule has 0 amide bonds. The first kappa shape index (κ1) is 17.2. The summed E-state index contributed by atoms with van der Waals surface area (Å²) in [4.78, 5) is 16.3. The van der Waals surface area contributed by atoms with Crippen LogP contribution in [0.4, 0.5) is 18.9 Å². The smallest absolute Gasteiger partial charge is 0.396 e. The lowest BCUT2D eigenvalue weighted by atomic mass is 9.97. The van der Waals surface area contributed by atoms with Crippen molar-refractivity contribution in [3.8, 4) is 0 Å². The maximum absolute atomic E-state index is 13.1. The summed E-state index contributed by atoms with van der Waals surface area (Å²) in [6.45, 7) is 0.0367. The van der Waals surface area contributed by atoms with E-state index in [9.17, 15) is 18.0 Å². The molecule has 0 saturated heterocycles. The first-order valence-corrected chi connectivity index (χ1v) is 7.79. The van der Waals surface area contributed by atoms with Crippen molar-refractivity contribution >= 4 is 23.0 Å². The number of rotatable bonds is 5. The molecule has 0 fully saturated rings. The largest absolute Gasteiger partial charge is 0.433 e. The molecule has 0 atom stereocenters. The highest BCUT2D eigenvalue weighted by atomic mass is 19.4. The predicted octanol–water partition coefficient (Wildman–Crippen LogP) is 3.51. The Morgan fingerprint density at radius 2 is 1.92 bits per heavy atom. The van der Waals surface area contributed by atoms with Crippen LogP contribution in [0, 0.1) is 0 Å². The third-order valence-electron chi connectivity index (χ3n) is 3.97. The first-order chi connectivity index (χ1) is 11.9. The number of aliphatic hydroxyl groups excluding tert-OH is 1. The molecule has 0 unspecified atom stereocenters. The van der Waals surface area contributed by atoms with Crippen molar-refractivity contribution in [2.45, 2.75) is 25.4 Å². The SMILES string of the molecule is O=c1[nH][nH]c(C(F)(F)F)c1C=C1C(CCCCO)=Nc2ccccc21. The molecule has 1 aliphatic heterocycles. The van der Waals surface area contributed by atoms with Gasteiger partial charge in [0.25, 0.3) is 5.56 Å². The van der Waals surface area contributed by atoms with Crippen LogP contribution in [0.15, 0.2) is 34.1 Å². The van der Waals surface area contributed by atoms with Crippen LogP contribution < -0.4 is 5.56 Å². The number of H-pyrrole nitrogens is 2. The summed E-state index contributed by atoms with van der Waals surface area (Å²) in [5.74, 6) is 0. The van der Waals surface area contributed by atoms with Crippen LogP contribution in [0.2, 0.25) is 0 Å². The van der Waals surface area contributed by atoms with Gasteiger partial charge >= 0.3 is 6.18 Å². The van der Waals surface area contributed by atoms with Gasteiger partial charge in [-0.3, -0.25) is 20.0 Å². The highest BCUT2D eigenvalue weighted by molar-refractivity contribution is 6.32. The van der Waals surface area contributed by atoms with E-state index in [1.807, 2.05) is 10.2 Å². The maximum Gasteiger partial charge on any atom is 0.433 e. The van der Waals surface area contributed by atoms with Crippen LogP contribution in [-0.4, -0.2) is 27.6 Å². The highest BCUT2D eigenvalue weighted by Crippen LogP contribution is 2.38. The lowest BCUT2D eigenvalue weighted by Crippen LogP contribution is -2.11. The Hall–Kier alpha value is -2.61. The van der Waals surface area contributed by atoms with Crippen LogP contribution in [0.1, 0.15) is 36.1 Å². The van der Waals surface area contributed by atoms with Crippen LogP contribution in [0.3, 0.4) is 0 Å². The van der Waals surface area contributed by atoms with Gasteiger partial charge in [0.15, 0.2) is 0 Å². The fourth-order valence-corrected chi connectivity index (χ4v) is 2.79. The number of aliphatic hydroxyl groups is 1. The van der Waals surface area contributed by atoms with Gasteiger partial charge in [0.05, 0.1) is 11.3 Å². The van der Waals surface area contributed by atoms with Gasteiger partial charge in [0, 0.05) is 23.5 Å². The van der Waals surface area contributed by atoms with Crippen molar-refractivity contribution in [3.05, 3.63) is 51.4 Å². The summed E-state index contributed by atoms with van der Waals surface area (Å²) < 4.78 is 39.3.